The first-order valence-corrected chi connectivity index (χ1v) is 9.10. The summed E-state index contributed by atoms with van der Waals surface area (Å²) in [5.41, 5.74) is 0. The van der Waals surface area contributed by atoms with Gasteiger partial charge in [-0.15, -0.1) is 0 Å². The topological polar surface area (TPSA) is 72.1 Å². The molecular formula is C17H33N3O4. The Labute approximate surface area is 145 Å². The summed E-state index contributed by atoms with van der Waals surface area (Å²) in [6.45, 7) is 4.91. The van der Waals surface area contributed by atoms with Gasteiger partial charge in [0.2, 0.25) is 0 Å². The summed E-state index contributed by atoms with van der Waals surface area (Å²) < 4.78 is 16.2. The molecule has 140 valence electrons. The molecule has 2 N–H and O–H groups in total. The largest absolute Gasteiger partial charge is 0.383 e. The third-order valence-corrected chi connectivity index (χ3v) is 4.90. The first kappa shape index (κ1) is 19.4. The molecule has 2 fully saturated rings. The number of nitrogens with one attached hydrogen (secondary N) is 2. The van der Waals surface area contributed by atoms with Crippen LogP contribution in [-0.4, -0.2) is 83.3 Å². The quantitative estimate of drug-likeness (QED) is 0.791. The maximum absolute atomic E-state index is 12.2. The molecule has 0 radical (unpaired) electrons. The molecule has 0 saturated carbocycles. The second-order valence-electron chi connectivity index (χ2n) is 6.73. The maximum Gasteiger partial charge on any atom is 0.317 e. The highest BCUT2D eigenvalue weighted by Crippen LogP contribution is 2.24. The van der Waals surface area contributed by atoms with Gasteiger partial charge in [-0.2, -0.15) is 0 Å². The molecule has 0 unspecified atom stereocenters. The molecule has 3 atom stereocenters. The molecule has 2 heterocycles. The number of fused-ring (bicyclic) bond motifs is 1. The molecule has 7 heteroatoms. The second kappa shape index (κ2) is 10.9. The van der Waals surface area contributed by atoms with E-state index >= 15 is 0 Å². The molecule has 0 aromatic carbocycles. The number of nitrogens with zero attached hydrogens (tertiary/aromatic N) is 1. The Hall–Kier alpha value is -0.890. The number of urea groups is 1. The van der Waals surface area contributed by atoms with Gasteiger partial charge in [0.1, 0.15) is 0 Å². The number of piperidine rings is 1. The molecule has 2 rings (SSSR count). The van der Waals surface area contributed by atoms with Crippen molar-refractivity contribution < 1.29 is 19.0 Å². The minimum absolute atomic E-state index is 0.0291. The van der Waals surface area contributed by atoms with Crippen LogP contribution in [0.5, 0.6) is 0 Å². The summed E-state index contributed by atoms with van der Waals surface area (Å²) in [5.74, 6) is 0.534. The van der Waals surface area contributed by atoms with Crippen molar-refractivity contribution in [3.63, 3.8) is 0 Å². The van der Waals surface area contributed by atoms with Gasteiger partial charge in [0, 0.05) is 52.5 Å². The molecule has 0 aromatic rings. The van der Waals surface area contributed by atoms with Crippen molar-refractivity contribution in [2.45, 2.75) is 37.8 Å². The Morgan fingerprint density at radius 1 is 1.25 bits per heavy atom. The van der Waals surface area contributed by atoms with Crippen LogP contribution in [0.2, 0.25) is 0 Å². The third kappa shape index (κ3) is 6.55. The van der Waals surface area contributed by atoms with Gasteiger partial charge < -0.3 is 29.7 Å². The monoisotopic (exact) mass is 343 g/mol. The van der Waals surface area contributed by atoms with Crippen LogP contribution in [0.25, 0.3) is 0 Å². The molecule has 0 bridgehead atoms. The van der Waals surface area contributed by atoms with E-state index in [-0.39, 0.29) is 12.1 Å². The van der Waals surface area contributed by atoms with Crippen LogP contribution in [-0.2, 0) is 14.2 Å². The Morgan fingerprint density at radius 2 is 2.04 bits per heavy atom. The first-order valence-electron chi connectivity index (χ1n) is 9.10. The highest BCUT2D eigenvalue weighted by molar-refractivity contribution is 5.74. The van der Waals surface area contributed by atoms with Crippen molar-refractivity contribution in [2.24, 2.45) is 5.92 Å². The van der Waals surface area contributed by atoms with Crippen LogP contribution in [0.4, 0.5) is 4.79 Å². The van der Waals surface area contributed by atoms with Crippen molar-refractivity contribution >= 4 is 6.03 Å². The summed E-state index contributed by atoms with van der Waals surface area (Å²) in [7, 11) is 3.44. The van der Waals surface area contributed by atoms with E-state index in [1.807, 2.05) is 0 Å². The zero-order chi connectivity index (χ0) is 17.2. The highest BCUT2D eigenvalue weighted by atomic mass is 16.5. The van der Waals surface area contributed by atoms with Crippen LogP contribution in [0.3, 0.4) is 0 Å². The van der Waals surface area contributed by atoms with Gasteiger partial charge in [-0.1, -0.05) is 0 Å². The zero-order valence-electron chi connectivity index (χ0n) is 15.1. The van der Waals surface area contributed by atoms with Crippen LogP contribution >= 0.6 is 0 Å². The molecule has 7 nitrogen and oxygen atoms in total. The lowest BCUT2D eigenvalue weighted by atomic mass is 9.83. The Bertz CT molecular complexity index is 370. The average molecular weight is 343 g/mol. The summed E-state index contributed by atoms with van der Waals surface area (Å²) in [5, 5.41) is 6.77. The lowest BCUT2D eigenvalue weighted by Gasteiger charge is -2.38. The smallest absolute Gasteiger partial charge is 0.317 e. The number of likely N-dealkylation sites (N-methyl/N-ethyl adjacent to an activating group) is 1. The molecular weight excluding hydrogens is 310 g/mol. The van der Waals surface area contributed by atoms with Gasteiger partial charge in [0.15, 0.2) is 0 Å². The summed E-state index contributed by atoms with van der Waals surface area (Å²) in [6.07, 6.45) is 4.24. The van der Waals surface area contributed by atoms with E-state index in [9.17, 15) is 4.79 Å². The zero-order valence-corrected chi connectivity index (χ0v) is 15.1. The molecule has 2 amide bonds. The number of hydrogen-bond donors (Lipinski definition) is 2. The third-order valence-electron chi connectivity index (χ3n) is 4.90. The molecule has 0 spiro atoms. The van der Waals surface area contributed by atoms with Gasteiger partial charge in [-0.3, -0.25) is 0 Å². The molecule has 2 aliphatic heterocycles. The van der Waals surface area contributed by atoms with Gasteiger partial charge in [0.05, 0.1) is 19.8 Å². The number of methoxy groups -OCH3 is 1. The SMILES string of the molecule is COCCN(C)C(=O)N[C@@H]1CN[C@@H]2CCCOCCOCC[C@H]2C1. The number of rotatable bonds is 4. The minimum Gasteiger partial charge on any atom is -0.383 e. The normalized spacial score (nSPS) is 29.2. The predicted octanol–water partition coefficient (Wildman–Crippen LogP) is 0.838. The van der Waals surface area contributed by atoms with Crippen molar-refractivity contribution in [3.8, 4) is 0 Å². The number of amides is 2. The summed E-state index contributed by atoms with van der Waals surface area (Å²) in [6, 6.07) is 0.637. The van der Waals surface area contributed by atoms with Gasteiger partial charge in [-0.25, -0.2) is 4.79 Å². The molecule has 2 aliphatic rings. The van der Waals surface area contributed by atoms with Crippen molar-refractivity contribution in [3.05, 3.63) is 0 Å². The maximum atomic E-state index is 12.2. The van der Waals surface area contributed by atoms with E-state index in [0.29, 0.717) is 38.3 Å². The Kier molecular flexibility index (Phi) is 8.80. The van der Waals surface area contributed by atoms with Gasteiger partial charge in [-0.05, 0) is 31.6 Å². The number of carbonyl (C=O) groups is 1. The number of ether oxygens (including phenoxy) is 3. The van der Waals surface area contributed by atoms with E-state index in [2.05, 4.69) is 10.6 Å². The van der Waals surface area contributed by atoms with E-state index in [1.165, 1.54) is 0 Å². The molecule has 0 aromatic heterocycles. The van der Waals surface area contributed by atoms with Crippen LogP contribution < -0.4 is 10.6 Å². The Balaban J connectivity index is 1.81. The van der Waals surface area contributed by atoms with E-state index in [1.54, 1.807) is 19.1 Å². The van der Waals surface area contributed by atoms with Crippen LogP contribution in [0.1, 0.15) is 25.7 Å². The average Bonchev–Trinajstić information content (AvgIpc) is 2.64. The van der Waals surface area contributed by atoms with E-state index in [4.69, 9.17) is 14.2 Å². The van der Waals surface area contributed by atoms with Gasteiger partial charge >= 0.3 is 6.03 Å². The standard InChI is InChI=1S/C17H33N3O4/c1-20(6-9-22-2)17(21)19-15-12-14-5-8-24-11-10-23-7-3-4-16(14)18-13-15/h14-16,18H,3-13H2,1-2H3,(H,19,21)/t14-,15-,16+/m0/s1. The van der Waals surface area contributed by atoms with Crippen molar-refractivity contribution in [1.29, 1.82) is 0 Å². The number of carbonyl (C=O) groups excluding carboxylic acids is 1. The lowest BCUT2D eigenvalue weighted by Crippen LogP contribution is -2.55. The first-order chi connectivity index (χ1) is 11.7. The fourth-order valence-electron chi connectivity index (χ4n) is 3.42. The van der Waals surface area contributed by atoms with Crippen LogP contribution in [0.15, 0.2) is 0 Å². The lowest BCUT2D eigenvalue weighted by molar-refractivity contribution is 0.0449. The molecule has 2 saturated heterocycles. The highest BCUT2D eigenvalue weighted by Gasteiger charge is 2.31. The van der Waals surface area contributed by atoms with E-state index in [0.717, 1.165) is 45.4 Å². The number of hydrogen-bond acceptors (Lipinski definition) is 5. The summed E-state index contributed by atoms with van der Waals surface area (Å²) >= 11 is 0. The van der Waals surface area contributed by atoms with Crippen molar-refractivity contribution in [1.82, 2.24) is 15.5 Å². The molecule has 0 aliphatic carbocycles. The predicted molar refractivity (Wildman–Crippen MR) is 92.2 cm³/mol. The van der Waals surface area contributed by atoms with Crippen LogP contribution in [0, 0.1) is 5.92 Å². The molecule has 24 heavy (non-hydrogen) atoms. The fraction of sp³-hybridized carbons (Fsp3) is 0.941. The Morgan fingerprint density at radius 3 is 2.83 bits per heavy atom. The van der Waals surface area contributed by atoms with Gasteiger partial charge in [0.25, 0.3) is 0 Å². The fourth-order valence-corrected chi connectivity index (χ4v) is 3.42. The van der Waals surface area contributed by atoms with E-state index < -0.39 is 0 Å². The van der Waals surface area contributed by atoms with Crippen molar-refractivity contribution in [2.75, 3.05) is 60.3 Å². The summed E-state index contributed by atoms with van der Waals surface area (Å²) in [4.78, 5) is 13.9. The second-order valence-corrected chi connectivity index (χ2v) is 6.73. The minimum atomic E-state index is -0.0291.